The number of halogens is 1. The largest absolute Gasteiger partial charge is 0.338 e. The number of carbonyl (C=O) groups is 1. The quantitative estimate of drug-likeness (QED) is 0.820. The van der Waals surface area contributed by atoms with E-state index in [1.165, 1.54) is 17.7 Å². The molecule has 2 N–H and O–H groups in total. The molecule has 0 radical (unpaired) electrons. The SMILES string of the molecule is CN(C)Cc1ccc(CNC(=O)NCCc2ccc(F)cc2)cc1. The second-order valence-corrected chi connectivity index (χ2v) is 6.04. The zero-order valence-electron chi connectivity index (χ0n) is 14.2. The Balaban J connectivity index is 1.68. The average Bonchev–Trinajstić information content (AvgIpc) is 2.55. The van der Waals surface area contributed by atoms with E-state index < -0.39 is 0 Å². The molecule has 4 nitrogen and oxygen atoms in total. The van der Waals surface area contributed by atoms with E-state index in [-0.39, 0.29) is 11.8 Å². The maximum atomic E-state index is 12.8. The summed E-state index contributed by atoms with van der Waals surface area (Å²) in [5, 5.41) is 5.64. The van der Waals surface area contributed by atoms with E-state index in [1.807, 2.05) is 26.2 Å². The summed E-state index contributed by atoms with van der Waals surface area (Å²) in [7, 11) is 4.07. The lowest BCUT2D eigenvalue weighted by molar-refractivity contribution is 0.240. The lowest BCUT2D eigenvalue weighted by Crippen LogP contribution is -2.36. The highest BCUT2D eigenvalue weighted by molar-refractivity contribution is 5.73. The number of urea groups is 1. The number of rotatable bonds is 7. The molecule has 0 spiro atoms. The number of nitrogens with zero attached hydrogens (tertiary/aromatic N) is 1. The predicted molar refractivity (Wildman–Crippen MR) is 94.2 cm³/mol. The topological polar surface area (TPSA) is 44.4 Å². The molecule has 128 valence electrons. The Hall–Kier alpha value is -2.40. The first kappa shape index (κ1) is 17.9. The van der Waals surface area contributed by atoms with Crippen molar-refractivity contribution in [2.45, 2.75) is 19.5 Å². The van der Waals surface area contributed by atoms with Crippen molar-refractivity contribution in [2.24, 2.45) is 0 Å². The number of nitrogens with one attached hydrogen (secondary N) is 2. The van der Waals surface area contributed by atoms with Crippen molar-refractivity contribution in [2.75, 3.05) is 20.6 Å². The first-order valence-electron chi connectivity index (χ1n) is 8.01. The molecule has 0 saturated heterocycles. The van der Waals surface area contributed by atoms with Gasteiger partial charge in [-0.15, -0.1) is 0 Å². The normalized spacial score (nSPS) is 10.7. The molecule has 0 saturated carbocycles. The van der Waals surface area contributed by atoms with E-state index in [0.29, 0.717) is 19.5 Å². The number of benzene rings is 2. The van der Waals surface area contributed by atoms with Gasteiger partial charge in [0.1, 0.15) is 5.82 Å². The van der Waals surface area contributed by atoms with E-state index in [1.54, 1.807) is 12.1 Å². The van der Waals surface area contributed by atoms with E-state index >= 15 is 0 Å². The fourth-order valence-electron chi connectivity index (χ4n) is 2.34. The first-order chi connectivity index (χ1) is 11.5. The number of hydrogen-bond acceptors (Lipinski definition) is 2. The van der Waals surface area contributed by atoms with Crippen molar-refractivity contribution in [3.63, 3.8) is 0 Å². The molecule has 0 atom stereocenters. The molecule has 0 aromatic heterocycles. The number of amides is 2. The third-order valence-corrected chi connectivity index (χ3v) is 3.59. The molecule has 2 rings (SSSR count). The molecule has 0 bridgehead atoms. The summed E-state index contributed by atoms with van der Waals surface area (Å²) in [6.45, 7) is 1.90. The van der Waals surface area contributed by atoms with E-state index in [0.717, 1.165) is 17.7 Å². The molecule has 0 heterocycles. The summed E-state index contributed by atoms with van der Waals surface area (Å²) >= 11 is 0. The van der Waals surface area contributed by atoms with E-state index in [9.17, 15) is 9.18 Å². The van der Waals surface area contributed by atoms with Gasteiger partial charge < -0.3 is 15.5 Å². The molecule has 2 aromatic rings. The Bertz CT molecular complexity index is 639. The van der Waals surface area contributed by atoms with Gasteiger partial charge in [-0.05, 0) is 49.3 Å². The lowest BCUT2D eigenvalue weighted by atomic mass is 10.1. The van der Waals surface area contributed by atoms with Crippen LogP contribution in [0.4, 0.5) is 9.18 Å². The van der Waals surface area contributed by atoms with Crippen LogP contribution in [-0.4, -0.2) is 31.6 Å². The van der Waals surface area contributed by atoms with Gasteiger partial charge >= 0.3 is 6.03 Å². The minimum atomic E-state index is -0.249. The summed E-state index contributed by atoms with van der Waals surface area (Å²) in [5.41, 5.74) is 3.30. The third kappa shape index (κ3) is 6.38. The van der Waals surface area contributed by atoms with Crippen LogP contribution in [0.1, 0.15) is 16.7 Å². The minimum absolute atomic E-state index is 0.200. The molecule has 0 fully saturated rings. The van der Waals surface area contributed by atoms with Crippen molar-refractivity contribution < 1.29 is 9.18 Å². The average molecular weight is 329 g/mol. The van der Waals surface area contributed by atoms with Crippen molar-refractivity contribution in [3.8, 4) is 0 Å². The van der Waals surface area contributed by atoms with Crippen LogP contribution in [-0.2, 0) is 19.5 Å². The van der Waals surface area contributed by atoms with Gasteiger partial charge in [-0.1, -0.05) is 36.4 Å². The highest BCUT2D eigenvalue weighted by Gasteiger charge is 2.01. The summed E-state index contributed by atoms with van der Waals surface area (Å²) in [4.78, 5) is 13.9. The molecule has 5 heteroatoms. The Morgan fingerprint density at radius 2 is 1.50 bits per heavy atom. The zero-order valence-corrected chi connectivity index (χ0v) is 14.2. The lowest BCUT2D eigenvalue weighted by Gasteiger charge is -2.11. The van der Waals surface area contributed by atoms with Crippen LogP contribution < -0.4 is 10.6 Å². The second-order valence-electron chi connectivity index (χ2n) is 6.04. The highest BCUT2D eigenvalue weighted by atomic mass is 19.1. The fraction of sp³-hybridized carbons (Fsp3) is 0.316. The summed E-state index contributed by atoms with van der Waals surface area (Å²) in [6.07, 6.45) is 0.674. The number of carbonyl (C=O) groups excluding carboxylic acids is 1. The Labute approximate surface area is 142 Å². The standard InChI is InChI=1S/C19H24FN3O/c1-23(2)14-17-5-3-16(4-6-17)13-22-19(24)21-12-11-15-7-9-18(20)10-8-15/h3-10H,11-14H2,1-2H3,(H2,21,22,24). The molecule has 2 aromatic carbocycles. The Morgan fingerprint density at radius 1 is 0.917 bits per heavy atom. The summed E-state index contributed by atoms with van der Waals surface area (Å²) in [6, 6.07) is 14.3. The van der Waals surface area contributed by atoms with Gasteiger partial charge in [0, 0.05) is 19.6 Å². The molecule has 0 aliphatic heterocycles. The summed E-state index contributed by atoms with van der Waals surface area (Å²) in [5.74, 6) is -0.249. The molecule has 0 aliphatic carbocycles. The minimum Gasteiger partial charge on any atom is -0.338 e. The maximum absolute atomic E-state index is 12.8. The van der Waals surface area contributed by atoms with Crippen molar-refractivity contribution in [1.82, 2.24) is 15.5 Å². The zero-order chi connectivity index (χ0) is 17.4. The van der Waals surface area contributed by atoms with Gasteiger partial charge in [0.2, 0.25) is 0 Å². The fourth-order valence-corrected chi connectivity index (χ4v) is 2.34. The molecular formula is C19H24FN3O. The Morgan fingerprint density at radius 3 is 2.12 bits per heavy atom. The third-order valence-electron chi connectivity index (χ3n) is 3.59. The van der Waals surface area contributed by atoms with E-state index in [4.69, 9.17) is 0 Å². The van der Waals surface area contributed by atoms with Crippen molar-refractivity contribution >= 4 is 6.03 Å². The number of hydrogen-bond donors (Lipinski definition) is 2. The monoisotopic (exact) mass is 329 g/mol. The van der Waals surface area contributed by atoms with Crippen LogP contribution in [0.15, 0.2) is 48.5 Å². The van der Waals surface area contributed by atoms with Crippen molar-refractivity contribution in [3.05, 3.63) is 71.0 Å². The van der Waals surface area contributed by atoms with Crippen LogP contribution >= 0.6 is 0 Å². The van der Waals surface area contributed by atoms with Gasteiger partial charge in [0.25, 0.3) is 0 Å². The van der Waals surface area contributed by atoms with Gasteiger partial charge in [-0.2, -0.15) is 0 Å². The van der Waals surface area contributed by atoms with Crippen molar-refractivity contribution in [1.29, 1.82) is 0 Å². The summed E-state index contributed by atoms with van der Waals surface area (Å²) < 4.78 is 12.8. The van der Waals surface area contributed by atoms with Gasteiger partial charge in [-0.3, -0.25) is 0 Å². The van der Waals surface area contributed by atoms with Gasteiger partial charge in [0.05, 0.1) is 0 Å². The van der Waals surface area contributed by atoms with Crippen LogP contribution in [0.5, 0.6) is 0 Å². The smallest absolute Gasteiger partial charge is 0.315 e. The molecule has 0 aliphatic rings. The highest BCUT2D eigenvalue weighted by Crippen LogP contribution is 2.06. The van der Waals surface area contributed by atoms with Crippen LogP contribution in [0, 0.1) is 5.82 Å². The van der Waals surface area contributed by atoms with Gasteiger partial charge in [0.15, 0.2) is 0 Å². The first-order valence-corrected chi connectivity index (χ1v) is 8.01. The second kappa shape index (κ2) is 9.03. The predicted octanol–water partition coefficient (Wildman–Crippen LogP) is 2.93. The van der Waals surface area contributed by atoms with Gasteiger partial charge in [-0.25, -0.2) is 9.18 Å². The van der Waals surface area contributed by atoms with E-state index in [2.05, 4.69) is 27.7 Å². The van der Waals surface area contributed by atoms with Crippen LogP contribution in [0.25, 0.3) is 0 Å². The van der Waals surface area contributed by atoms with Crippen LogP contribution in [0.3, 0.4) is 0 Å². The van der Waals surface area contributed by atoms with Crippen LogP contribution in [0.2, 0.25) is 0 Å². The molecule has 24 heavy (non-hydrogen) atoms. The molecule has 0 unspecified atom stereocenters. The Kier molecular flexibility index (Phi) is 6.75. The maximum Gasteiger partial charge on any atom is 0.315 e. The molecular weight excluding hydrogens is 305 g/mol. The molecule has 2 amide bonds.